The SMILES string of the molecule is CC[N+]1(C)C(=O)CCN(C(=O)Nc2ccncc2)c2nc(-c3cccc(Cl)c3)ccc21. The second-order valence-electron chi connectivity index (χ2n) is 7.52. The molecule has 2 aromatic heterocycles. The third-order valence-corrected chi connectivity index (χ3v) is 5.91. The van der Waals surface area contributed by atoms with Crippen molar-refractivity contribution in [2.45, 2.75) is 13.3 Å². The van der Waals surface area contributed by atoms with Gasteiger partial charge in [0.25, 0.3) is 0 Å². The Hall–Kier alpha value is -3.29. The number of amides is 3. The first-order chi connectivity index (χ1) is 14.9. The van der Waals surface area contributed by atoms with Crippen LogP contribution in [0.5, 0.6) is 0 Å². The average Bonchev–Trinajstić information content (AvgIpc) is 2.89. The van der Waals surface area contributed by atoms with Crippen molar-refractivity contribution in [2.75, 3.05) is 30.4 Å². The fourth-order valence-corrected chi connectivity index (χ4v) is 3.89. The van der Waals surface area contributed by atoms with E-state index in [9.17, 15) is 9.59 Å². The molecule has 3 amide bonds. The van der Waals surface area contributed by atoms with E-state index in [-0.39, 0.29) is 29.4 Å². The van der Waals surface area contributed by atoms with E-state index in [1.165, 1.54) is 0 Å². The molecule has 3 aromatic rings. The van der Waals surface area contributed by atoms with Crippen LogP contribution in [0.1, 0.15) is 13.3 Å². The van der Waals surface area contributed by atoms with Crippen molar-refractivity contribution in [3.63, 3.8) is 0 Å². The molecule has 158 valence electrons. The van der Waals surface area contributed by atoms with Gasteiger partial charge in [0.1, 0.15) is 0 Å². The molecule has 1 atom stereocenters. The summed E-state index contributed by atoms with van der Waals surface area (Å²) < 4.78 is 0.0806. The van der Waals surface area contributed by atoms with E-state index >= 15 is 0 Å². The molecule has 1 aliphatic rings. The largest absolute Gasteiger partial charge is 0.327 e. The maximum atomic E-state index is 13.2. The Morgan fingerprint density at radius 2 is 1.97 bits per heavy atom. The third kappa shape index (κ3) is 4.02. The summed E-state index contributed by atoms with van der Waals surface area (Å²) in [6.07, 6.45) is 3.45. The second kappa shape index (κ2) is 8.45. The summed E-state index contributed by atoms with van der Waals surface area (Å²) >= 11 is 6.17. The number of carbonyl (C=O) groups is 2. The standard InChI is InChI=1S/C23H22ClN5O2/c1-3-29(2)20-8-7-19(16-5-4-6-17(24)15-16)27-22(20)28(14-11-21(29)30)23(31)26-18-9-12-25-13-10-18/h4-10,12-13,15H,3,11,14H2,1-2H3/p+1. The molecular weight excluding hydrogens is 414 g/mol. The number of quaternary nitrogens is 1. The summed E-state index contributed by atoms with van der Waals surface area (Å²) in [5, 5.41) is 3.48. The van der Waals surface area contributed by atoms with Gasteiger partial charge in [0, 0.05) is 41.3 Å². The molecule has 8 heteroatoms. The lowest BCUT2D eigenvalue weighted by molar-refractivity contribution is -0.128. The van der Waals surface area contributed by atoms with Gasteiger partial charge in [-0.3, -0.25) is 9.88 Å². The average molecular weight is 437 g/mol. The van der Waals surface area contributed by atoms with E-state index in [1.807, 2.05) is 44.3 Å². The molecule has 4 rings (SSSR count). The number of carbonyl (C=O) groups excluding carboxylic acids is 2. The predicted molar refractivity (Wildman–Crippen MR) is 123 cm³/mol. The first kappa shape index (κ1) is 21.0. The Kier molecular flexibility index (Phi) is 5.71. The Morgan fingerprint density at radius 3 is 2.68 bits per heavy atom. The van der Waals surface area contributed by atoms with Crippen molar-refractivity contribution >= 4 is 40.7 Å². The molecule has 0 saturated carbocycles. The highest BCUT2D eigenvalue weighted by atomic mass is 35.5. The van der Waals surface area contributed by atoms with Crippen molar-refractivity contribution in [1.82, 2.24) is 14.5 Å². The van der Waals surface area contributed by atoms with E-state index < -0.39 is 0 Å². The van der Waals surface area contributed by atoms with Gasteiger partial charge in [0.2, 0.25) is 0 Å². The van der Waals surface area contributed by atoms with Gasteiger partial charge in [-0.05, 0) is 37.3 Å². The van der Waals surface area contributed by atoms with Crippen LogP contribution in [0.25, 0.3) is 11.3 Å². The molecule has 1 aromatic carbocycles. The molecule has 0 spiro atoms. The number of hydrogen-bond donors (Lipinski definition) is 1. The summed E-state index contributed by atoms with van der Waals surface area (Å²) in [5.41, 5.74) is 2.84. The molecule has 0 saturated heterocycles. The van der Waals surface area contributed by atoms with Crippen molar-refractivity contribution in [1.29, 1.82) is 0 Å². The van der Waals surface area contributed by atoms with E-state index in [1.54, 1.807) is 35.5 Å². The maximum Gasteiger partial charge on any atom is 0.327 e. The van der Waals surface area contributed by atoms with Gasteiger partial charge in [0.05, 0.1) is 25.7 Å². The Morgan fingerprint density at radius 1 is 1.19 bits per heavy atom. The quantitative estimate of drug-likeness (QED) is 0.602. The number of nitrogens with zero attached hydrogens (tertiary/aromatic N) is 4. The summed E-state index contributed by atoms with van der Waals surface area (Å²) in [6.45, 7) is 2.76. The zero-order chi connectivity index (χ0) is 22.0. The number of hydrogen-bond acceptors (Lipinski definition) is 4. The Balaban J connectivity index is 1.82. The van der Waals surface area contributed by atoms with Crippen molar-refractivity contribution in [2.24, 2.45) is 0 Å². The number of fused-ring (bicyclic) bond motifs is 1. The predicted octanol–water partition coefficient (Wildman–Crippen LogP) is 4.72. The number of rotatable bonds is 3. The molecule has 1 N–H and O–H groups in total. The van der Waals surface area contributed by atoms with E-state index in [2.05, 4.69) is 10.3 Å². The van der Waals surface area contributed by atoms with Crippen molar-refractivity contribution in [3.05, 3.63) is 65.9 Å². The number of halogens is 1. The molecule has 0 bridgehead atoms. The summed E-state index contributed by atoms with van der Waals surface area (Å²) in [5.74, 6) is 0.513. The van der Waals surface area contributed by atoms with E-state index in [0.29, 0.717) is 34.5 Å². The summed E-state index contributed by atoms with van der Waals surface area (Å²) in [6, 6.07) is 14.2. The van der Waals surface area contributed by atoms with Gasteiger partial charge in [-0.25, -0.2) is 19.1 Å². The summed E-state index contributed by atoms with van der Waals surface area (Å²) in [7, 11) is 1.87. The van der Waals surface area contributed by atoms with Crippen LogP contribution in [0.4, 0.5) is 22.0 Å². The lowest BCUT2D eigenvalue weighted by Gasteiger charge is -2.30. The first-order valence-electron chi connectivity index (χ1n) is 10.1. The molecule has 1 aliphatic heterocycles. The van der Waals surface area contributed by atoms with Gasteiger partial charge in [-0.2, -0.15) is 0 Å². The zero-order valence-corrected chi connectivity index (χ0v) is 18.1. The highest BCUT2D eigenvalue weighted by molar-refractivity contribution is 6.30. The molecule has 0 aliphatic carbocycles. The molecule has 31 heavy (non-hydrogen) atoms. The van der Waals surface area contributed by atoms with E-state index in [0.717, 1.165) is 5.56 Å². The summed E-state index contributed by atoms with van der Waals surface area (Å²) in [4.78, 5) is 36.6. The minimum Gasteiger partial charge on any atom is -0.307 e. The fourth-order valence-electron chi connectivity index (χ4n) is 3.70. The molecule has 3 heterocycles. The van der Waals surface area contributed by atoms with Crippen LogP contribution in [-0.4, -0.2) is 42.0 Å². The number of pyridine rings is 2. The van der Waals surface area contributed by atoms with Crippen LogP contribution in [0.2, 0.25) is 5.02 Å². The smallest absolute Gasteiger partial charge is 0.307 e. The highest BCUT2D eigenvalue weighted by Crippen LogP contribution is 2.37. The van der Waals surface area contributed by atoms with Crippen LogP contribution in [-0.2, 0) is 4.79 Å². The number of benzene rings is 1. The number of nitrogens with one attached hydrogen (secondary N) is 1. The second-order valence-corrected chi connectivity index (χ2v) is 7.96. The molecule has 1 unspecified atom stereocenters. The third-order valence-electron chi connectivity index (χ3n) is 5.67. The van der Waals surface area contributed by atoms with Gasteiger partial charge in [0.15, 0.2) is 11.5 Å². The Bertz CT molecular complexity index is 1140. The zero-order valence-electron chi connectivity index (χ0n) is 17.4. The molecular formula is C23H23ClN5O2+. The van der Waals surface area contributed by atoms with Gasteiger partial charge >= 0.3 is 11.9 Å². The minimum atomic E-state index is -0.347. The van der Waals surface area contributed by atoms with Crippen molar-refractivity contribution < 1.29 is 9.59 Å². The van der Waals surface area contributed by atoms with E-state index in [4.69, 9.17) is 16.6 Å². The number of aromatic nitrogens is 2. The number of anilines is 2. The maximum absolute atomic E-state index is 13.2. The topological polar surface area (TPSA) is 75.2 Å². The van der Waals surface area contributed by atoms with Gasteiger partial charge in [-0.1, -0.05) is 23.7 Å². The highest BCUT2D eigenvalue weighted by Gasteiger charge is 2.41. The lowest BCUT2D eigenvalue weighted by atomic mass is 10.1. The monoisotopic (exact) mass is 436 g/mol. The molecule has 0 radical (unpaired) electrons. The number of urea groups is 1. The van der Waals surface area contributed by atoms with Crippen molar-refractivity contribution in [3.8, 4) is 11.3 Å². The lowest BCUT2D eigenvalue weighted by Crippen LogP contribution is -2.50. The minimum absolute atomic E-state index is 0.0419. The van der Waals surface area contributed by atoms with Gasteiger partial charge < -0.3 is 5.32 Å². The Labute approximate surface area is 185 Å². The van der Waals surface area contributed by atoms with Crippen LogP contribution in [0, 0.1) is 0 Å². The van der Waals surface area contributed by atoms with Crippen LogP contribution >= 0.6 is 11.6 Å². The molecule has 7 nitrogen and oxygen atoms in total. The molecule has 0 fully saturated rings. The normalized spacial score (nSPS) is 18.3. The van der Waals surface area contributed by atoms with Gasteiger partial charge in [-0.15, -0.1) is 0 Å². The fraction of sp³-hybridized carbons (Fsp3) is 0.217. The van der Waals surface area contributed by atoms with Crippen LogP contribution < -0.4 is 14.7 Å². The van der Waals surface area contributed by atoms with Crippen LogP contribution in [0.15, 0.2) is 60.9 Å². The first-order valence-corrected chi connectivity index (χ1v) is 10.4. The van der Waals surface area contributed by atoms with Crippen LogP contribution in [0.3, 0.4) is 0 Å².